The average molecular weight is 157 g/mol. The summed E-state index contributed by atoms with van der Waals surface area (Å²) in [6.07, 6.45) is 0. The molecule has 0 aliphatic heterocycles. The lowest BCUT2D eigenvalue weighted by atomic mass is 10.1. The van der Waals surface area contributed by atoms with Crippen LogP contribution < -0.4 is 5.73 Å². The minimum Gasteiger partial charge on any atom is -0.481 e. The zero-order valence-corrected chi connectivity index (χ0v) is 6.50. The molecule has 4 heteroatoms. The lowest BCUT2D eigenvalue weighted by molar-refractivity contribution is -0.140. The Labute approximate surface area is 64.4 Å². The summed E-state index contributed by atoms with van der Waals surface area (Å²) < 4.78 is 0. The van der Waals surface area contributed by atoms with Crippen molar-refractivity contribution in [3.63, 3.8) is 0 Å². The van der Waals surface area contributed by atoms with Crippen LogP contribution in [0.4, 0.5) is 0 Å². The molecule has 1 fully saturated rings. The lowest BCUT2D eigenvalue weighted by Gasteiger charge is -1.96. The van der Waals surface area contributed by atoms with Crippen molar-refractivity contribution in [2.24, 2.45) is 23.0 Å². The number of carbonyl (C=O) groups excluding carboxylic acids is 1. The fraction of sp³-hybridized carbons (Fsp3) is 0.714. The van der Waals surface area contributed by atoms with Crippen molar-refractivity contribution in [1.29, 1.82) is 0 Å². The van der Waals surface area contributed by atoms with Crippen molar-refractivity contribution in [3.05, 3.63) is 0 Å². The first-order chi connectivity index (χ1) is 4.89. The minimum atomic E-state index is -0.932. The molecule has 1 saturated carbocycles. The molecule has 3 N–H and O–H groups in total. The first kappa shape index (κ1) is 8.04. The number of rotatable bonds is 2. The largest absolute Gasteiger partial charge is 0.481 e. The van der Waals surface area contributed by atoms with Crippen molar-refractivity contribution in [1.82, 2.24) is 0 Å². The van der Waals surface area contributed by atoms with Crippen LogP contribution in [0.1, 0.15) is 13.8 Å². The van der Waals surface area contributed by atoms with Crippen molar-refractivity contribution in [2.75, 3.05) is 0 Å². The molecular weight excluding hydrogens is 146 g/mol. The summed E-state index contributed by atoms with van der Waals surface area (Å²) in [5.74, 6) is -2.51. The summed E-state index contributed by atoms with van der Waals surface area (Å²) in [6, 6.07) is 0. The number of carboxylic acids is 1. The molecule has 0 saturated heterocycles. The minimum absolute atomic E-state index is 0.447. The molecule has 4 nitrogen and oxygen atoms in total. The summed E-state index contributed by atoms with van der Waals surface area (Å²) in [5, 5.41) is 8.60. The second-order valence-electron chi connectivity index (χ2n) is 3.52. The van der Waals surface area contributed by atoms with Gasteiger partial charge in [-0.05, 0) is 5.41 Å². The monoisotopic (exact) mass is 157 g/mol. The van der Waals surface area contributed by atoms with E-state index in [4.69, 9.17) is 10.8 Å². The SMILES string of the molecule is CC1(C)[C@H](C(N)=O)[C@@H]1C(=O)O. The number of amides is 1. The highest BCUT2D eigenvalue weighted by Gasteiger charge is 2.65. The Morgan fingerprint density at radius 2 is 1.82 bits per heavy atom. The van der Waals surface area contributed by atoms with Crippen molar-refractivity contribution >= 4 is 11.9 Å². The van der Waals surface area contributed by atoms with Gasteiger partial charge in [-0.25, -0.2) is 0 Å². The van der Waals surface area contributed by atoms with Gasteiger partial charge in [0.25, 0.3) is 0 Å². The average Bonchev–Trinajstić information content (AvgIpc) is 2.33. The van der Waals surface area contributed by atoms with E-state index in [9.17, 15) is 9.59 Å². The molecule has 1 amide bonds. The number of carbonyl (C=O) groups is 2. The molecule has 0 aromatic rings. The summed E-state index contributed by atoms with van der Waals surface area (Å²) in [6.45, 7) is 3.47. The Balaban J connectivity index is 2.76. The van der Waals surface area contributed by atoms with Crippen LogP contribution in [0, 0.1) is 17.3 Å². The van der Waals surface area contributed by atoms with Gasteiger partial charge in [-0.1, -0.05) is 13.8 Å². The van der Waals surface area contributed by atoms with E-state index in [1.54, 1.807) is 13.8 Å². The normalized spacial score (nSPS) is 32.9. The smallest absolute Gasteiger partial charge is 0.307 e. The molecular formula is C7H11NO3. The Morgan fingerprint density at radius 1 is 1.36 bits per heavy atom. The maximum absolute atomic E-state index is 10.7. The van der Waals surface area contributed by atoms with Gasteiger partial charge in [0.2, 0.25) is 5.91 Å². The summed E-state index contributed by atoms with van der Waals surface area (Å²) in [4.78, 5) is 21.1. The van der Waals surface area contributed by atoms with Crippen LogP contribution in [0.15, 0.2) is 0 Å². The van der Waals surface area contributed by atoms with Gasteiger partial charge in [-0.2, -0.15) is 0 Å². The van der Waals surface area contributed by atoms with Crippen LogP contribution in [0.3, 0.4) is 0 Å². The van der Waals surface area contributed by atoms with Crippen LogP contribution in [-0.2, 0) is 9.59 Å². The second kappa shape index (κ2) is 1.96. The fourth-order valence-electron chi connectivity index (χ4n) is 1.63. The van der Waals surface area contributed by atoms with E-state index >= 15 is 0 Å². The summed E-state index contributed by atoms with van der Waals surface area (Å²) >= 11 is 0. The predicted molar refractivity (Wildman–Crippen MR) is 37.6 cm³/mol. The van der Waals surface area contributed by atoms with Crippen molar-refractivity contribution in [3.8, 4) is 0 Å². The lowest BCUT2D eigenvalue weighted by Crippen LogP contribution is -2.17. The molecule has 0 spiro atoms. The van der Waals surface area contributed by atoms with Gasteiger partial charge in [0.1, 0.15) is 0 Å². The molecule has 2 atom stereocenters. The Hall–Kier alpha value is -1.06. The van der Waals surface area contributed by atoms with E-state index in [0.29, 0.717) is 0 Å². The van der Waals surface area contributed by atoms with Crippen molar-refractivity contribution < 1.29 is 14.7 Å². The van der Waals surface area contributed by atoms with Crippen LogP contribution in [0.5, 0.6) is 0 Å². The van der Waals surface area contributed by atoms with Gasteiger partial charge < -0.3 is 10.8 Å². The fourth-order valence-corrected chi connectivity index (χ4v) is 1.63. The molecule has 1 aliphatic carbocycles. The third-order valence-electron chi connectivity index (χ3n) is 2.40. The van der Waals surface area contributed by atoms with E-state index in [1.807, 2.05) is 0 Å². The Kier molecular flexibility index (Phi) is 1.44. The van der Waals surface area contributed by atoms with E-state index in [2.05, 4.69) is 0 Å². The molecule has 0 heterocycles. The zero-order chi connectivity index (χ0) is 8.81. The van der Waals surface area contributed by atoms with Gasteiger partial charge in [-0.3, -0.25) is 9.59 Å². The van der Waals surface area contributed by atoms with Crippen LogP contribution in [0.25, 0.3) is 0 Å². The number of hydrogen-bond acceptors (Lipinski definition) is 2. The number of aliphatic carboxylic acids is 1. The second-order valence-corrected chi connectivity index (χ2v) is 3.52. The summed E-state index contributed by atoms with van der Waals surface area (Å²) in [5.41, 5.74) is 4.55. The molecule has 62 valence electrons. The van der Waals surface area contributed by atoms with E-state index in [1.165, 1.54) is 0 Å². The number of primary amides is 1. The maximum atomic E-state index is 10.7. The zero-order valence-electron chi connectivity index (χ0n) is 6.50. The van der Waals surface area contributed by atoms with Gasteiger partial charge in [-0.15, -0.1) is 0 Å². The van der Waals surface area contributed by atoms with Crippen LogP contribution >= 0.6 is 0 Å². The predicted octanol–water partition coefficient (Wildman–Crippen LogP) is -0.172. The van der Waals surface area contributed by atoms with E-state index < -0.39 is 29.1 Å². The molecule has 0 unspecified atom stereocenters. The molecule has 1 rings (SSSR count). The topological polar surface area (TPSA) is 80.4 Å². The molecule has 0 aromatic carbocycles. The van der Waals surface area contributed by atoms with Gasteiger partial charge >= 0.3 is 5.97 Å². The quantitative estimate of drug-likeness (QED) is 0.583. The number of carboxylic acid groups (broad SMARTS) is 1. The van der Waals surface area contributed by atoms with Crippen LogP contribution in [0.2, 0.25) is 0 Å². The first-order valence-corrected chi connectivity index (χ1v) is 3.41. The standard InChI is InChI=1S/C7H11NO3/c1-7(2)3(5(8)9)4(7)6(10)11/h3-4H,1-2H3,(H2,8,9)(H,10,11)/t3-,4+/m0/s1. The molecule has 1 aliphatic rings. The first-order valence-electron chi connectivity index (χ1n) is 3.41. The Morgan fingerprint density at radius 3 is 1.91 bits per heavy atom. The third kappa shape index (κ3) is 0.982. The summed E-state index contributed by atoms with van der Waals surface area (Å²) in [7, 11) is 0. The van der Waals surface area contributed by atoms with Gasteiger partial charge in [0.15, 0.2) is 0 Å². The molecule has 0 aromatic heterocycles. The maximum Gasteiger partial charge on any atom is 0.307 e. The Bertz CT molecular complexity index is 200. The van der Waals surface area contributed by atoms with E-state index in [0.717, 1.165) is 0 Å². The molecule has 11 heavy (non-hydrogen) atoms. The third-order valence-corrected chi connectivity index (χ3v) is 2.40. The number of nitrogens with two attached hydrogens (primary N) is 1. The number of hydrogen-bond donors (Lipinski definition) is 2. The van der Waals surface area contributed by atoms with Crippen LogP contribution in [-0.4, -0.2) is 17.0 Å². The van der Waals surface area contributed by atoms with Crippen molar-refractivity contribution in [2.45, 2.75) is 13.8 Å². The highest BCUT2D eigenvalue weighted by molar-refractivity contribution is 5.90. The highest BCUT2D eigenvalue weighted by atomic mass is 16.4. The van der Waals surface area contributed by atoms with Gasteiger partial charge in [0.05, 0.1) is 11.8 Å². The van der Waals surface area contributed by atoms with Gasteiger partial charge in [0, 0.05) is 0 Å². The van der Waals surface area contributed by atoms with E-state index in [-0.39, 0.29) is 0 Å². The molecule has 0 radical (unpaired) electrons. The molecule has 0 bridgehead atoms. The highest BCUT2D eigenvalue weighted by Crippen LogP contribution is 2.57.